The summed E-state index contributed by atoms with van der Waals surface area (Å²) in [6.07, 6.45) is -0.824. The van der Waals surface area contributed by atoms with Gasteiger partial charge >= 0.3 is 6.09 Å². The fourth-order valence-electron chi connectivity index (χ4n) is 4.68. The molecule has 0 bridgehead atoms. The number of phenolic OH excluding ortho intramolecular Hbond substituents is 1. The van der Waals surface area contributed by atoms with Gasteiger partial charge in [0.15, 0.2) is 0 Å². The summed E-state index contributed by atoms with van der Waals surface area (Å²) in [5, 5.41) is 31.1. The lowest BCUT2D eigenvalue weighted by Gasteiger charge is -2.54. The van der Waals surface area contributed by atoms with E-state index in [4.69, 9.17) is 5.26 Å². The molecule has 0 aromatic heterocycles. The number of benzene rings is 2. The number of fused-ring (bicyclic) bond motifs is 1. The van der Waals surface area contributed by atoms with Crippen LogP contribution in [0, 0.1) is 17.1 Å². The Kier molecular flexibility index (Phi) is 6.89. The van der Waals surface area contributed by atoms with Crippen LogP contribution in [0.25, 0.3) is 0 Å². The number of hydrazine groups is 1. The Balaban J connectivity index is 1.75. The molecule has 11 heteroatoms. The third-order valence-corrected chi connectivity index (χ3v) is 6.29. The fraction of sp³-hybridized carbons (Fsp3) is 0.280. The van der Waals surface area contributed by atoms with E-state index in [9.17, 15) is 29.0 Å². The summed E-state index contributed by atoms with van der Waals surface area (Å²) in [6.45, 7) is 3.07. The van der Waals surface area contributed by atoms with E-state index in [0.29, 0.717) is 5.56 Å². The lowest BCUT2D eigenvalue weighted by molar-refractivity contribution is -0.192. The highest BCUT2D eigenvalue weighted by molar-refractivity contribution is 5.91. The van der Waals surface area contributed by atoms with Crippen molar-refractivity contribution in [2.45, 2.75) is 25.2 Å². The van der Waals surface area contributed by atoms with Gasteiger partial charge in [0.1, 0.15) is 29.8 Å². The second kappa shape index (κ2) is 10.1. The largest absolute Gasteiger partial charge is 0.508 e. The van der Waals surface area contributed by atoms with Gasteiger partial charge in [0, 0.05) is 25.1 Å². The number of carbonyl (C=O) groups excluding carboxylic acids is 2. The minimum atomic E-state index is -1.31. The van der Waals surface area contributed by atoms with Crippen LogP contribution in [0.2, 0.25) is 0 Å². The Labute approximate surface area is 206 Å². The number of carbonyl (C=O) groups is 3. The lowest BCUT2D eigenvalue weighted by atomic mass is 9.98. The standard InChI is InChI=1S/C25H24FN5O5/c1-2-10-29-15-22(33)30-20(11-16-6-8-19(32)9-7-16)24(34)28(14-21(30)31(29)25(35)36)13-18-5-3-4-17(12-27)23(18)26/h2-9,20-21,32H,1,10-11,13-15H2,(H,35,36). The van der Waals surface area contributed by atoms with Crippen molar-refractivity contribution in [1.82, 2.24) is 19.8 Å². The van der Waals surface area contributed by atoms with Crippen LogP contribution in [0.15, 0.2) is 55.1 Å². The van der Waals surface area contributed by atoms with Gasteiger partial charge < -0.3 is 20.0 Å². The molecular weight excluding hydrogens is 469 g/mol. The molecule has 2 unspecified atom stereocenters. The minimum absolute atomic E-state index is 0.0345. The second-order valence-corrected chi connectivity index (χ2v) is 8.54. The van der Waals surface area contributed by atoms with Crippen LogP contribution >= 0.6 is 0 Å². The number of amides is 3. The number of aromatic hydroxyl groups is 1. The van der Waals surface area contributed by atoms with Crippen molar-refractivity contribution in [3.63, 3.8) is 0 Å². The molecule has 3 amide bonds. The fourth-order valence-corrected chi connectivity index (χ4v) is 4.68. The summed E-state index contributed by atoms with van der Waals surface area (Å²) in [7, 11) is 0. The highest BCUT2D eigenvalue weighted by Crippen LogP contribution is 2.30. The van der Waals surface area contributed by atoms with E-state index in [-0.39, 0.29) is 49.5 Å². The van der Waals surface area contributed by atoms with Crippen LogP contribution in [0.4, 0.5) is 9.18 Å². The van der Waals surface area contributed by atoms with Gasteiger partial charge in [0.05, 0.1) is 18.7 Å². The Hall–Kier alpha value is -4.43. The number of carboxylic acid groups (broad SMARTS) is 1. The van der Waals surface area contributed by atoms with Crippen molar-refractivity contribution < 1.29 is 29.0 Å². The summed E-state index contributed by atoms with van der Waals surface area (Å²) >= 11 is 0. The van der Waals surface area contributed by atoms with Crippen molar-refractivity contribution in [2.75, 3.05) is 19.6 Å². The van der Waals surface area contributed by atoms with E-state index >= 15 is 0 Å². The Morgan fingerprint density at radius 1 is 1.22 bits per heavy atom. The molecule has 4 rings (SSSR count). The molecule has 0 radical (unpaired) electrons. The van der Waals surface area contributed by atoms with Crippen LogP contribution in [0.3, 0.4) is 0 Å². The molecule has 2 aliphatic rings. The second-order valence-electron chi connectivity index (χ2n) is 8.54. The zero-order chi connectivity index (χ0) is 26.0. The molecule has 36 heavy (non-hydrogen) atoms. The lowest BCUT2D eigenvalue weighted by Crippen LogP contribution is -2.75. The normalized spacial score (nSPS) is 20.2. The highest BCUT2D eigenvalue weighted by Gasteiger charge is 2.51. The number of halogens is 1. The van der Waals surface area contributed by atoms with E-state index in [1.807, 2.05) is 0 Å². The summed E-state index contributed by atoms with van der Waals surface area (Å²) < 4.78 is 14.8. The molecule has 2 heterocycles. The number of hydrogen-bond donors (Lipinski definition) is 2. The number of hydrogen-bond acceptors (Lipinski definition) is 6. The van der Waals surface area contributed by atoms with Gasteiger partial charge in [0.25, 0.3) is 0 Å². The third kappa shape index (κ3) is 4.58. The number of nitriles is 1. The van der Waals surface area contributed by atoms with Gasteiger partial charge in [-0.05, 0) is 23.8 Å². The van der Waals surface area contributed by atoms with Crippen molar-refractivity contribution in [2.24, 2.45) is 0 Å². The first-order valence-electron chi connectivity index (χ1n) is 11.2. The van der Waals surface area contributed by atoms with Crippen molar-refractivity contribution >= 4 is 17.9 Å². The predicted octanol–water partition coefficient (Wildman–Crippen LogP) is 1.91. The molecule has 2 aliphatic heterocycles. The quantitative estimate of drug-likeness (QED) is 0.588. The Morgan fingerprint density at radius 2 is 1.94 bits per heavy atom. The van der Waals surface area contributed by atoms with Gasteiger partial charge in [-0.15, -0.1) is 6.58 Å². The zero-order valence-electron chi connectivity index (χ0n) is 19.2. The van der Waals surface area contributed by atoms with Crippen molar-refractivity contribution in [1.29, 1.82) is 5.26 Å². The topological polar surface area (TPSA) is 128 Å². The van der Waals surface area contributed by atoms with Gasteiger partial charge in [0.2, 0.25) is 11.8 Å². The summed E-state index contributed by atoms with van der Waals surface area (Å²) in [6, 6.07) is 11.1. The van der Waals surface area contributed by atoms with E-state index in [0.717, 1.165) is 5.01 Å². The molecule has 2 atom stereocenters. The molecule has 2 fully saturated rings. The molecule has 2 aromatic rings. The van der Waals surface area contributed by atoms with E-state index in [1.165, 1.54) is 51.2 Å². The van der Waals surface area contributed by atoms with E-state index in [1.54, 1.807) is 18.2 Å². The van der Waals surface area contributed by atoms with Gasteiger partial charge in [-0.25, -0.2) is 19.2 Å². The van der Waals surface area contributed by atoms with Crippen molar-refractivity contribution in [3.8, 4) is 11.8 Å². The number of nitrogens with zero attached hydrogens (tertiary/aromatic N) is 5. The smallest absolute Gasteiger partial charge is 0.424 e. The monoisotopic (exact) mass is 493 g/mol. The average molecular weight is 493 g/mol. The molecular formula is C25H24FN5O5. The molecule has 0 aliphatic carbocycles. The first-order valence-corrected chi connectivity index (χ1v) is 11.2. The minimum Gasteiger partial charge on any atom is -0.508 e. The highest BCUT2D eigenvalue weighted by atomic mass is 19.1. The van der Waals surface area contributed by atoms with Crippen LogP contribution < -0.4 is 0 Å². The maximum atomic E-state index is 14.8. The first-order chi connectivity index (χ1) is 17.2. The third-order valence-electron chi connectivity index (χ3n) is 6.29. The SMILES string of the molecule is C=CCN1CC(=O)N2C(Cc3ccc(O)cc3)C(=O)N(Cc3cccc(C#N)c3F)CC2N1C(=O)O. The number of phenols is 1. The Bertz CT molecular complexity index is 1240. The van der Waals surface area contributed by atoms with Crippen molar-refractivity contribution in [3.05, 3.63) is 77.6 Å². The molecule has 0 saturated carbocycles. The summed E-state index contributed by atoms with van der Waals surface area (Å²) in [5.41, 5.74) is 0.579. The van der Waals surface area contributed by atoms with Gasteiger partial charge in [-0.2, -0.15) is 5.26 Å². The number of rotatable bonds is 6. The summed E-state index contributed by atoms with van der Waals surface area (Å²) in [4.78, 5) is 41.7. The van der Waals surface area contributed by atoms with Crippen LogP contribution in [0.5, 0.6) is 5.75 Å². The molecule has 10 nitrogen and oxygen atoms in total. The van der Waals surface area contributed by atoms with Crippen LogP contribution in [0.1, 0.15) is 16.7 Å². The summed E-state index contributed by atoms with van der Waals surface area (Å²) in [5.74, 6) is -1.62. The van der Waals surface area contributed by atoms with Crippen LogP contribution in [-0.4, -0.2) is 79.8 Å². The van der Waals surface area contributed by atoms with Gasteiger partial charge in [-0.3, -0.25) is 9.59 Å². The first kappa shape index (κ1) is 24.7. The molecule has 2 saturated heterocycles. The Morgan fingerprint density at radius 3 is 2.58 bits per heavy atom. The maximum absolute atomic E-state index is 14.8. The predicted molar refractivity (Wildman–Crippen MR) is 124 cm³/mol. The number of piperazine rings is 1. The molecule has 2 N–H and O–H groups in total. The zero-order valence-corrected chi connectivity index (χ0v) is 19.2. The average Bonchev–Trinajstić information content (AvgIpc) is 2.84. The van der Waals surface area contributed by atoms with E-state index in [2.05, 4.69) is 6.58 Å². The maximum Gasteiger partial charge on any atom is 0.424 e. The van der Waals surface area contributed by atoms with E-state index < -0.39 is 35.9 Å². The van der Waals surface area contributed by atoms with Crippen LogP contribution in [-0.2, 0) is 22.6 Å². The molecule has 186 valence electrons. The molecule has 0 spiro atoms. The molecule has 2 aromatic carbocycles. The van der Waals surface area contributed by atoms with Gasteiger partial charge in [-0.1, -0.05) is 30.3 Å².